The van der Waals surface area contributed by atoms with E-state index in [9.17, 15) is 8.78 Å². The molecule has 0 fully saturated rings. The number of halogens is 2. The molecular weight excluding hydrogens is 262 g/mol. The molecule has 20 heavy (non-hydrogen) atoms. The molecule has 106 valence electrons. The Hall–Kier alpha value is -2.24. The molecule has 0 amide bonds. The van der Waals surface area contributed by atoms with Gasteiger partial charge in [0.15, 0.2) is 11.6 Å². The summed E-state index contributed by atoms with van der Waals surface area (Å²) >= 11 is 0. The van der Waals surface area contributed by atoms with E-state index in [2.05, 4.69) is 27.5 Å². The molecule has 0 bridgehead atoms. The average Bonchev–Trinajstić information content (AvgIpc) is 2.40. The molecule has 0 saturated heterocycles. The number of nitrogens with one attached hydrogen (secondary N) is 2. The third kappa shape index (κ3) is 3.63. The molecule has 0 atom stereocenters. The predicted octanol–water partition coefficient (Wildman–Crippen LogP) is 3.63. The van der Waals surface area contributed by atoms with Crippen LogP contribution in [0.1, 0.15) is 19.2 Å². The minimum atomic E-state index is -0.898. The van der Waals surface area contributed by atoms with Gasteiger partial charge in [0.1, 0.15) is 17.5 Å². The minimum absolute atomic E-state index is 0.434. The highest BCUT2D eigenvalue weighted by Gasteiger charge is 2.05. The Morgan fingerprint density at radius 1 is 1.05 bits per heavy atom. The molecule has 1 aromatic heterocycles. The lowest BCUT2D eigenvalue weighted by Gasteiger charge is -2.10. The Labute approximate surface area is 116 Å². The summed E-state index contributed by atoms with van der Waals surface area (Å²) in [5.74, 6) is 0.0487. The lowest BCUT2D eigenvalue weighted by atomic mass is 10.3. The fraction of sp³-hybridized carbons (Fsp3) is 0.286. The van der Waals surface area contributed by atoms with E-state index in [-0.39, 0.29) is 0 Å². The molecule has 0 aliphatic rings. The van der Waals surface area contributed by atoms with E-state index in [1.54, 1.807) is 13.0 Å². The summed E-state index contributed by atoms with van der Waals surface area (Å²) in [7, 11) is 0. The van der Waals surface area contributed by atoms with Gasteiger partial charge in [-0.25, -0.2) is 18.7 Å². The van der Waals surface area contributed by atoms with Crippen LogP contribution in [0.5, 0.6) is 0 Å². The summed E-state index contributed by atoms with van der Waals surface area (Å²) in [6.07, 6.45) is 0.981. The molecule has 2 rings (SSSR count). The van der Waals surface area contributed by atoms with Gasteiger partial charge in [0.05, 0.1) is 0 Å². The number of anilines is 3. The molecule has 0 unspecified atom stereocenters. The van der Waals surface area contributed by atoms with Crippen molar-refractivity contribution in [1.82, 2.24) is 9.97 Å². The molecule has 2 aromatic rings. The molecule has 0 radical (unpaired) electrons. The highest BCUT2D eigenvalue weighted by Crippen LogP contribution is 2.19. The molecule has 1 aromatic carbocycles. The van der Waals surface area contributed by atoms with Crippen LogP contribution in [0.25, 0.3) is 0 Å². The smallest absolute Gasteiger partial charge is 0.160 e. The van der Waals surface area contributed by atoms with Crippen molar-refractivity contribution in [3.05, 3.63) is 41.7 Å². The van der Waals surface area contributed by atoms with Crippen LogP contribution in [-0.4, -0.2) is 16.5 Å². The summed E-state index contributed by atoms with van der Waals surface area (Å²) in [4.78, 5) is 8.46. The van der Waals surface area contributed by atoms with E-state index >= 15 is 0 Å². The SMILES string of the molecule is CCCNc1cc(Nc2ccc(F)c(F)c2)nc(C)n1. The maximum Gasteiger partial charge on any atom is 0.160 e. The first-order valence-electron chi connectivity index (χ1n) is 6.40. The van der Waals surface area contributed by atoms with Crippen LogP contribution >= 0.6 is 0 Å². The van der Waals surface area contributed by atoms with Crippen LogP contribution in [0.3, 0.4) is 0 Å². The van der Waals surface area contributed by atoms with Gasteiger partial charge >= 0.3 is 0 Å². The Bertz CT molecular complexity index is 602. The molecule has 0 saturated carbocycles. The zero-order valence-electron chi connectivity index (χ0n) is 11.4. The first-order valence-corrected chi connectivity index (χ1v) is 6.40. The van der Waals surface area contributed by atoms with Gasteiger partial charge in [-0.15, -0.1) is 0 Å². The van der Waals surface area contributed by atoms with Gasteiger partial charge in [0.25, 0.3) is 0 Å². The van der Waals surface area contributed by atoms with Crippen molar-refractivity contribution in [1.29, 1.82) is 0 Å². The van der Waals surface area contributed by atoms with E-state index in [1.807, 2.05) is 0 Å². The van der Waals surface area contributed by atoms with Crippen molar-refractivity contribution in [3.8, 4) is 0 Å². The summed E-state index contributed by atoms with van der Waals surface area (Å²) in [5.41, 5.74) is 0.434. The lowest BCUT2D eigenvalue weighted by Crippen LogP contribution is -2.05. The van der Waals surface area contributed by atoms with Gasteiger partial charge in [-0.3, -0.25) is 0 Å². The number of aryl methyl sites for hydroxylation is 1. The molecule has 0 spiro atoms. The molecule has 4 nitrogen and oxygen atoms in total. The van der Waals surface area contributed by atoms with E-state index < -0.39 is 11.6 Å². The van der Waals surface area contributed by atoms with Gasteiger partial charge < -0.3 is 10.6 Å². The average molecular weight is 278 g/mol. The van der Waals surface area contributed by atoms with E-state index in [4.69, 9.17) is 0 Å². The van der Waals surface area contributed by atoms with E-state index in [1.165, 1.54) is 6.07 Å². The number of hydrogen-bond donors (Lipinski definition) is 2. The Morgan fingerprint density at radius 3 is 2.50 bits per heavy atom. The highest BCUT2D eigenvalue weighted by atomic mass is 19.2. The van der Waals surface area contributed by atoms with Crippen LogP contribution in [-0.2, 0) is 0 Å². The first-order chi connectivity index (χ1) is 9.58. The van der Waals surface area contributed by atoms with Gasteiger partial charge in [-0.05, 0) is 25.5 Å². The highest BCUT2D eigenvalue weighted by molar-refractivity contribution is 5.59. The van der Waals surface area contributed by atoms with Crippen molar-refractivity contribution in [3.63, 3.8) is 0 Å². The largest absolute Gasteiger partial charge is 0.370 e. The molecule has 2 N–H and O–H groups in total. The second-order valence-corrected chi connectivity index (χ2v) is 4.37. The standard InChI is InChI=1S/C14H16F2N4/c1-3-6-17-13-8-14(19-9(2)18-13)20-10-4-5-11(15)12(16)7-10/h4-5,7-8H,3,6H2,1-2H3,(H2,17,18,19,20). The van der Waals surface area contributed by atoms with E-state index in [0.717, 1.165) is 25.1 Å². The summed E-state index contributed by atoms with van der Waals surface area (Å²) in [6, 6.07) is 5.34. The number of benzene rings is 1. The Balaban J connectivity index is 2.19. The van der Waals surface area contributed by atoms with Crippen LogP contribution < -0.4 is 10.6 Å². The number of aromatic nitrogens is 2. The number of rotatable bonds is 5. The lowest BCUT2D eigenvalue weighted by molar-refractivity contribution is 0.509. The second-order valence-electron chi connectivity index (χ2n) is 4.37. The Kier molecular flexibility index (Phi) is 4.45. The molecule has 0 aliphatic carbocycles. The van der Waals surface area contributed by atoms with Crippen LogP contribution in [0, 0.1) is 18.6 Å². The van der Waals surface area contributed by atoms with Gasteiger partial charge in [0.2, 0.25) is 0 Å². The first kappa shape index (κ1) is 14.2. The molecule has 6 heteroatoms. The van der Waals surface area contributed by atoms with Crippen molar-refractivity contribution in [2.75, 3.05) is 17.2 Å². The molecule has 1 heterocycles. The van der Waals surface area contributed by atoms with Crippen LogP contribution in [0.15, 0.2) is 24.3 Å². The second kappa shape index (κ2) is 6.27. The monoisotopic (exact) mass is 278 g/mol. The van der Waals surface area contributed by atoms with E-state index in [0.29, 0.717) is 23.1 Å². The summed E-state index contributed by atoms with van der Waals surface area (Å²) in [6.45, 7) is 4.64. The Morgan fingerprint density at radius 2 is 1.80 bits per heavy atom. The van der Waals surface area contributed by atoms with Crippen LogP contribution in [0.2, 0.25) is 0 Å². The van der Waals surface area contributed by atoms with Crippen LogP contribution in [0.4, 0.5) is 26.1 Å². The quantitative estimate of drug-likeness (QED) is 0.877. The summed E-state index contributed by atoms with van der Waals surface area (Å²) in [5, 5.41) is 6.09. The maximum atomic E-state index is 13.1. The fourth-order valence-corrected chi connectivity index (χ4v) is 1.70. The van der Waals surface area contributed by atoms with Crippen molar-refractivity contribution in [2.24, 2.45) is 0 Å². The number of hydrogen-bond acceptors (Lipinski definition) is 4. The normalized spacial score (nSPS) is 10.4. The molecule has 0 aliphatic heterocycles. The van der Waals surface area contributed by atoms with Gasteiger partial charge in [-0.1, -0.05) is 6.92 Å². The molecular formula is C14H16F2N4. The maximum absolute atomic E-state index is 13.1. The van der Waals surface area contributed by atoms with Gasteiger partial charge in [0, 0.05) is 24.4 Å². The van der Waals surface area contributed by atoms with Crippen molar-refractivity contribution in [2.45, 2.75) is 20.3 Å². The third-order valence-corrected chi connectivity index (χ3v) is 2.59. The number of nitrogens with zero attached hydrogens (tertiary/aromatic N) is 2. The van der Waals surface area contributed by atoms with Crippen molar-refractivity contribution >= 4 is 17.3 Å². The minimum Gasteiger partial charge on any atom is -0.370 e. The zero-order valence-corrected chi connectivity index (χ0v) is 11.4. The topological polar surface area (TPSA) is 49.8 Å². The van der Waals surface area contributed by atoms with Crippen molar-refractivity contribution < 1.29 is 8.78 Å². The fourth-order valence-electron chi connectivity index (χ4n) is 1.70. The van der Waals surface area contributed by atoms with Gasteiger partial charge in [-0.2, -0.15) is 0 Å². The third-order valence-electron chi connectivity index (χ3n) is 2.59. The zero-order chi connectivity index (χ0) is 14.5. The predicted molar refractivity (Wildman–Crippen MR) is 75.2 cm³/mol. The summed E-state index contributed by atoms with van der Waals surface area (Å²) < 4.78 is 26.0.